The highest BCUT2D eigenvalue weighted by atomic mass is 28.4. The summed E-state index contributed by atoms with van der Waals surface area (Å²) >= 11 is 0. The lowest BCUT2D eigenvalue weighted by atomic mass is 10.2. The van der Waals surface area contributed by atoms with Gasteiger partial charge in [-0.1, -0.05) is 20.8 Å². The zero-order valence-electron chi connectivity index (χ0n) is 12.1. The number of ether oxygens (including phenoxy) is 1. The molecule has 0 aromatic heterocycles. The highest BCUT2D eigenvalue weighted by Gasteiger charge is 2.38. The Balaban J connectivity index is 2.72. The predicted molar refractivity (Wildman–Crippen MR) is 78.2 cm³/mol. The molecule has 0 radical (unpaired) electrons. The summed E-state index contributed by atoms with van der Waals surface area (Å²) in [6.07, 6.45) is 2.86. The van der Waals surface area contributed by atoms with E-state index in [1.54, 1.807) is 7.11 Å². The molecular weight excluding hydrogens is 240 g/mol. The summed E-state index contributed by atoms with van der Waals surface area (Å²) in [6, 6.07) is 7.66. The van der Waals surface area contributed by atoms with E-state index < -0.39 is 8.32 Å². The first kappa shape index (κ1) is 14.7. The Labute approximate surface area is 111 Å². The minimum atomic E-state index is -1.77. The van der Waals surface area contributed by atoms with Gasteiger partial charge in [0, 0.05) is 5.56 Å². The molecule has 98 valence electrons. The first-order valence-corrected chi connectivity index (χ1v) is 9.00. The molecule has 1 aromatic carbocycles. The molecule has 0 aliphatic rings. The number of methoxy groups -OCH3 is 1. The van der Waals surface area contributed by atoms with Crippen molar-refractivity contribution in [3.63, 3.8) is 0 Å². The van der Waals surface area contributed by atoms with Gasteiger partial charge in [0.1, 0.15) is 11.9 Å². The fraction of sp³-hybridized carbons (Fsp3) is 0.467. The molecule has 0 amide bonds. The molecule has 0 atom stereocenters. The van der Waals surface area contributed by atoms with Crippen molar-refractivity contribution in [1.29, 1.82) is 0 Å². The van der Waals surface area contributed by atoms with Gasteiger partial charge in [0.2, 0.25) is 0 Å². The summed E-state index contributed by atoms with van der Waals surface area (Å²) in [6.45, 7) is 11.0. The zero-order valence-corrected chi connectivity index (χ0v) is 13.1. The van der Waals surface area contributed by atoms with Crippen molar-refractivity contribution >= 4 is 8.32 Å². The van der Waals surface area contributed by atoms with Gasteiger partial charge in [-0.05, 0) is 48.3 Å². The first-order valence-electron chi connectivity index (χ1n) is 6.09. The highest BCUT2D eigenvalue weighted by Crippen LogP contribution is 2.36. The second-order valence-electron chi connectivity index (χ2n) is 5.82. The van der Waals surface area contributed by atoms with Gasteiger partial charge in [0.05, 0.1) is 7.11 Å². The van der Waals surface area contributed by atoms with E-state index in [1.807, 2.05) is 24.3 Å². The van der Waals surface area contributed by atoms with Crippen molar-refractivity contribution in [2.45, 2.75) is 38.9 Å². The van der Waals surface area contributed by atoms with Crippen molar-refractivity contribution in [2.75, 3.05) is 7.11 Å². The van der Waals surface area contributed by atoms with E-state index in [9.17, 15) is 0 Å². The molecule has 0 saturated heterocycles. The predicted octanol–water partition coefficient (Wildman–Crippen LogP) is 4.03. The molecule has 1 aromatic rings. The molecule has 0 aliphatic carbocycles. The maximum absolute atomic E-state index is 5.80. The van der Waals surface area contributed by atoms with Gasteiger partial charge in [-0.25, -0.2) is 0 Å². The van der Waals surface area contributed by atoms with Crippen LogP contribution in [0.25, 0.3) is 0 Å². The van der Waals surface area contributed by atoms with Gasteiger partial charge in [0.15, 0.2) is 0 Å². The lowest BCUT2D eigenvalue weighted by Crippen LogP contribution is -2.39. The molecule has 3 heteroatoms. The van der Waals surface area contributed by atoms with Gasteiger partial charge in [-0.2, -0.15) is 0 Å². The summed E-state index contributed by atoms with van der Waals surface area (Å²) in [5.74, 6) is 3.87. The van der Waals surface area contributed by atoms with Gasteiger partial charge in [-0.15, -0.1) is 0 Å². The minimum Gasteiger partial charge on any atom is -0.500 e. The lowest BCUT2D eigenvalue weighted by Gasteiger charge is -2.33. The van der Waals surface area contributed by atoms with Crippen molar-refractivity contribution in [2.24, 2.45) is 0 Å². The maximum Gasteiger partial charge on any atom is 0.264 e. The summed E-state index contributed by atoms with van der Waals surface area (Å²) in [4.78, 5) is 0. The maximum atomic E-state index is 5.80. The molecular formula is C15H22O2Si. The Kier molecular flexibility index (Phi) is 4.47. The monoisotopic (exact) mass is 262 g/mol. The minimum absolute atomic E-state index is 0.182. The van der Waals surface area contributed by atoms with Gasteiger partial charge in [-0.3, -0.25) is 0 Å². The van der Waals surface area contributed by atoms with E-state index in [4.69, 9.17) is 9.16 Å². The van der Waals surface area contributed by atoms with E-state index in [2.05, 4.69) is 45.9 Å². The second-order valence-corrected chi connectivity index (χ2v) is 10.5. The number of rotatable bonds is 2. The molecule has 0 heterocycles. The Morgan fingerprint density at radius 3 is 2.06 bits per heavy atom. The zero-order chi connectivity index (χ0) is 13.8. The number of benzene rings is 1. The van der Waals surface area contributed by atoms with Crippen LogP contribution in [0.3, 0.4) is 0 Å². The highest BCUT2D eigenvalue weighted by molar-refractivity contribution is 6.74. The Hall–Kier alpha value is -1.40. The average molecular weight is 262 g/mol. The van der Waals surface area contributed by atoms with E-state index >= 15 is 0 Å². The van der Waals surface area contributed by atoms with Crippen LogP contribution in [0.5, 0.6) is 5.75 Å². The third kappa shape index (κ3) is 3.81. The van der Waals surface area contributed by atoms with Crippen LogP contribution < -0.4 is 4.74 Å². The molecule has 0 bridgehead atoms. The first-order chi connectivity index (χ1) is 8.26. The fourth-order valence-corrected chi connectivity index (χ4v) is 1.65. The lowest BCUT2D eigenvalue weighted by molar-refractivity contribution is 0.415. The summed E-state index contributed by atoms with van der Waals surface area (Å²) in [5.41, 5.74) is 0.939. The molecule has 0 saturated carbocycles. The molecule has 18 heavy (non-hydrogen) atoms. The smallest absolute Gasteiger partial charge is 0.264 e. The van der Waals surface area contributed by atoms with E-state index in [-0.39, 0.29) is 5.04 Å². The Morgan fingerprint density at radius 1 is 1.06 bits per heavy atom. The van der Waals surface area contributed by atoms with Crippen LogP contribution in [-0.2, 0) is 4.43 Å². The van der Waals surface area contributed by atoms with E-state index in [0.29, 0.717) is 0 Å². The molecule has 0 unspecified atom stereocenters. The largest absolute Gasteiger partial charge is 0.500 e. The molecule has 0 spiro atoms. The van der Waals surface area contributed by atoms with Gasteiger partial charge < -0.3 is 9.16 Å². The van der Waals surface area contributed by atoms with Crippen LogP contribution in [0.1, 0.15) is 26.3 Å². The van der Waals surface area contributed by atoms with Crippen LogP contribution in [0.15, 0.2) is 24.3 Å². The molecule has 1 rings (SSSR count). The van der Waals surface area contributed by atoms with Crippen molar-refractivity contribution < 1.29 is 9.16 Å². The third-order valence-corrected chi connectivity index (χ3v) is 7.62. The fourth-order valence-electron chi connectivity index (χ4n) is 1.04. The topological polar surface area (TPSA) is 18.5 Å². The Morgan fingerprint density at radius 2 is 1.61 bits per heavy atom. The second kappa shape index (κ2) is 5.49. The van der Waals surface area contributed by atoms with Crippen molar-refractivity contribution in [3.05, 3.63) is 29.8 Å². The standard InChI is InChI=1S/C15H22O2Si/c1-15(2,3)18(5,6)17-12-11-13-7-9-14(16-4)10-8-13/h7-10H,1-6H3. The third-order valence-electron chi connectivity index (χ3n) is 3.40. The quantitative estimate of drug-likeness (QED) is 0.592. The van der Waals surface area contributed by atoms with Crippen LogP contribution in [-0.4, -0.2) is 15.4 Å². The van der Waals surface area contributed by atoms with Crippen molar-refractivity contribution in [3.8, 4) is 17.8 Å². The molecule has 0 aliphatic heterocycles. The van der Waals surface area contributed by atoms with Crippen molar-refractivity contribution in [1.82, 2.24) is 0 Å². The number of hydrogen-bond acceptors (Lipinski definition) is 2. The average Bonchev–Trinajstić information content (AvgIpc) is 2.28. The summed E-state index contributed by atoms with van der Waals surface area (Å²) in [7, 11) is -0.121. The van der Waals surface area contributed by atoms with E-state index in [1.165, 1.54) is 0 Å². The molecule has 0 N–H and O–H groups in total. The van der Waals surface area contributed by atoms with E-state index in [0.717, 1.165) is 11.3 Å². The van der Waals surface area contributed by atoms with Crippen LogP contribution >= 0.6 is 0 Å². The molecule has 0 fully saturated rings. The SMILES string of the molecule is COc1ccc(C#CO[Si](C)(C)C(C)(C)C)cc1. The molecule has 2 nitrogen and oxygen atoms in total. The Bertz CT molecular complexity index is 444. The van der Waals surface area contributed by atoms with Crippen LogP contribution in [0.4, 0.5) is 0 Å². The normalized spacial score (nSPS) is 11.4. The summed E-state index contributed by atoms with van der Waals surface area (Å²) in [5, 5.41) is 0.182. The summed E-state index contributed by atoms with van der Waals surface area (Å²) < 4.78 is 10.9. The number of hydrogen-bond donors (Lipinski definition) is 0. The van der Waals surface area contributed by atoms with Crippen LogP contribution in [0.2, 0.25) is 18.1 Å². The van der Waals surface area contributed by atoms with Crippen LogP contribution in [0, 0.1) is 12.0 Å². The van der Waals surface area contributed by atoms with Gasteiger partial charge >= 0.3 is 0 Å². The van der Waals surface area contributed by atoms with Gasteiger partial charge in [0.25, 0.3) is 8.32 Å².